The van der Waals surface area contributed by atoms with Gasteiger partial charge in [-0.25, -0.2) is 9.28 Å². The van der Waals surface area contributed by atoms with Crippen molar-refractivity contribution in [2.75, 3.05) is 13.1 Å². The summed E-state index contributed by atoms with van der Waals surface area (Å²) in [7, 11) is 0. The largest absolute Gasteiger partial charge is 0.736 e. The van der Waals surface area contributed by atoms with E-state index in [9.17, 15) is 14.4 Å². The van der Waals surface area contributed by atoms with Crippen molar-refractivity contribution in [3.05, 3.63) is 35.9 Å². The summed E-state index contributed by atoms with van der Waals surface area (Å²) in [6, 6.07) is 9.20. The third-order valence-electron chi connectivity index (χ3n) is 6.44. The van der Waals surface area contributed by atoms with Gasteiger partial charge in [0.05, 0.1) is 18.2 Å². The molecular formula is C22H29NO3S. The molecule has 1 aromatic rings. The lowest BCUT2D eigenvalue weighted by Crippen LogP contribution is -2.62. The molecule has 5 heteroatoms. The average molecular weight is 388 g/mol. The number of Topliss-reactive ketones (excluding diaryl/α,β-unsaturated/α-hetero) is 1. The number of rotatable bonds is 6. The van der Waals surface area contributed by atoms with Crippen molar-refractivity contribution < 1.29 is 18.9 Å². The Balaban J connectivity index is 1.95. The molecule has 4 nitrogen and oxygen atoms in total. The van der Waals surface area contributed by atoms with Crippen LogP contribution in [0.4, 0.5) is 0 Å². The fraction of sp³-hybridized carbons (Fsp3) is 0.591. The minimum atomic E-state index is -0.623. The van der Waals surface area contributed by atoms with Gasteiger partial charge in [-0.05, 0) is 24.8 Å². The van der Waals surface area contributed by atoms with E-state index >= 15 is 0 Å². The second-order valence-electron chi connectivity index (χ2n) is 8.06. The highest BCUT2D eigenvalue weighted by Crippen LogP contribution is 2.41. The van der Waals surface area contributed by atoms with Crippen LogP contribution in [0.25, 0.3) is 0 Å². The molecule has 0 N–H and O–H groups in total. The second kappa shape index (κ2) is 8.61. The Morgan fingerprint density at radius 1 is 1.04 bits per heavy atom. The van der Waals surface area contributed by atoms with E-state index in [1.54, 1.807) is 0 Å². The van der Waals surface area contributed by atoms with Crippen LogP contribution in [0.5, 0.6) is 0 Å². The van der Waals surface area contributed by atoms with Gasteiger partial charge in [-0.15, -0.1) is 0 Å². The molecule has 1 saturated heterocycles. The maximum Gasteiger partial charge on any atom is 0.382 e. The molecule has 0 spiro atoms. The van der Waals surface area contributed by atoms with Gasteiger partial charge in [0.2, 0.25) is 0 Å². The molecule has 3 atom stereocenters. The van der Waals surface area contributed by atoms with Gasteiger partial charge in [0.15, 0.2) is 0 Å². The number of hydrogen-bond donors (Lipinski definition) is 0. The second-order valence-corrected chi connectivity index (χ2v) is 8.46. The summed E-state index contributed by atoms with van der Waals surface area (Å²) in [5.74, 6) is -0.899. The first-order chi connectivity index (χ1) is 13.0. The number of carbonyl (C=O) groups excluding carboxylic acids is 3. The summed E-state index contributed by atoms with van der Waals surface area (Å²) < 4.78 is -0.0618. The molecule has 1 aliphatic carbocycles. The number of quaternary nitrogens is 1. The monoisotopic (exact) mass is 387 g/mol. The Labute approximate surface area is 167 Å². The Bertz CT molecular complexity index is 699. The van der Waals surface area contributed by atoms with Crippen molar-refractivity contribution in [1.82, 2.24) is 0 Å². The predicted octanol–water partition coefficient (Wildman–Crippen LogP) is 3.52. The molecule has 0 radical (unpaired) electrons. The molecule has 1 saturated carbocycles. The normalized spacial score (nSPS) is 28.8. The molecule has 1 aromatic carbocycles. The molecule has 0 bridgehead atoms. The van der Waals surface area contributed by atoms with Crippen LogP contribution in [0.2, 0.25) is 0 Å². The highest BCUT2D eigenvalue weighted by atomic mass is 32.1. The molecule has 0 aromatic heterocycles. The number of benzene rings is 1. The number of likely N-dealkylation sites (tertiary alicyclic amines) is 1. The molecule has 2 aliphatic rings. The maximum absolute atomic E-state index is 13.5. The molecule has 27 heavy (non-hydrogen) atoms. The van der Waals surface area contributed by atoms with E-state index in [-0.39, 0.29) is 33.1 Å². The van der Waals surface area contributed by atoms with Crippen molar-refractivity contribution in [1.29, 1.82) is 0 Å². The number of amides is 1. The van der Waals surface area contributed by atoms with Gasteiger partial charge in [-0.3, -0.25) is 4.79 Å². The van der Waals surface area contributed by atoms with E-state index in [0.29, 0.717) is 19.5 Å². The molecule has 1 aliphatic heterocycles. The molecule has 1 amide bonds. The SMILES string of the molecule is CCC[N+]1(C(=O)C(=O)C2CCCCC2)CCC(c2ccccc2)[C@H]1C(=O)[S-]. The van der Waals surface area contributed by atoms with Crippen LogP contribution in [0.1, 0.15) is 63.4 Å². The first-order valence-corrected chi connectivity index (χ1v) is 10.6. The van der Waals surface area contributed by atoms with Crippen LogP contribution in [0.15, 0.2) is 30.3 Å². The first-order valence-electron chi connectivity index (χ1n) is 10.2. The molecule has 3 rings (SSSR count). The Kier molecular flexibility index (Phi) is 6.43. The van der Waals surface area contributed by atoms with Gasteiger partial charge in [0.1, 0.15) is 6.04 Å². The van der Waals surface area contributed by atoms with E-state index in [0.717, 1.165) is 44.1 Å². The lowest BCUT2D eigenvalue weighted by Gasteiger charge is -2.40. The van der Waals surface area contributed by atoms with Crippen LogP contribution >= 0.6 is 0 Å². The smallest absolute Gasteiger partial charge is 0.382 e. The predicted molar refractivity (Wildman–Crippen MR) is 107 cm³/mol. The van der Waals surface area contributed by atoms with Crippen molar-refractivity contribution in [3.63, 3.8) is 0 Å². The van der Waals surface area contributed by atoms with Crippen molar-refractivity contribution >= 4 is 29.4 Å². The Morgan fingerprint density at radius 2 is 1.70 bits per heavy atom. The number of hydrogen-bond acceptors (Lipinski definition) is 4. The fourth-order valence-corrected chi connectivity index (χ4v) is 5.53. The van der Waals surface area contributed by atoms with Crippen LogP contribution in [-0.2, 0) is 27.0 Å². The minimum Gasteiger partial charge on any atom is -0.736 e. The maximum atomic E-state index is 13.5. The summed E-state index contributed by atoms with van der Waals surface area (Å²) in [5.41, 5.74) is 1.04. The third-order valence-corrected chi connectivity index (χ3v) is 6.68. The fourth-order valence-electron chi connectivity index (χ4n) is 5.16. The lowest BCUT2D eigenvalue weighted by atomic mass is 9.85. The van der Waals surface area contributed by atoms with E-state index in [1.807, 2.05) is 37.3 Å². The molecule has 1 heterocycles. The van der Waals surface area contributed by atoms with Gasteiger partial charge < -0.3 is 17.4 Å². The first kappa shape index (κ1) is 20.2. The highest BCUT2D eigenvalue weighted by molar-refractivity contribution is 7.77. The summed E-state index contributed by atoms with van der Waals surface area (Å²) in [5, 5.41) is -0.389. The third kappa shape index (κ3) is 3.85. The Hall–Kier alpha value is -1.59. The molecule has 2 fully saturated rings. The molecular weight excluding hydrogens is 358 g/mol. The topological polar surface area (TPSA) is 51.2 Å². The van der Waals surface area contributed by atoms with E-state index in [2.05, 4.69) is 0 Å². The number of ketones is 1. The zero-order chi connectivity index (χ0) is 19.4. The van der Waals surface area contributed by atoms with Crippen LogP contribution < -0.4 is 0 Å². The van der Waals surface area contributed by atoms with Crippen LogP contribution in [0.3, 0.4) is 0 Å². The van der Waals surface area contributed by atoms with Gasteiger partial charge in [-0.2, -0.15) is 0 Å². The van der Waals surface area contributed by atoms with Crippen LogP contribution in [0, 0.1) is 5.92 Å². The Morgan fingerprint density at radius 3 is 2.30 bits per heavy atom. The minimum absolute atomic E-state index is 0.0618. The summed E-state index contributed by atoms with van der Waals surface area (Å²) in [6.07, 6.45) is 6.19. The zero-order valence-electron chi connectivity index (χ0n) is 16.1. The zero-order valence-corrected chi connectivity index (χ0v) is 16.9. The number of nitrogens with zero attached hydrogens (tertiary/aromatic N) is 1. The quantitative estimate of drug-likeness (QED) is 0.426. The lowest BCUT2D eigenvalue weighted by molar-refractivity contribution is -0.854. The van der Waals surface area contributed by atoms with Gasteiger partial charge in [-0.1, -0.05) is 56.5 Å². The summed E-state index contributed by atoms with van der Waals surface area (Å²) >= 11 is 5.12. The van der Waals surface area contributed by atoms with E-state index in [4.69, 9.17) is 12.6 Å². The average Bonchev–Trinajstić information content (AvgIpc) is 3.09. The van der Waals surface area contributed by atoms with E-state index < -0.39 is 6.04 Å². The summed E-state index contributed by atoms with van der Waals surface area (Å²) in [4.78, 5) is 39.1. The van der Waals surface area contributed by atoms with Gasteiger partial charge >= 0.3 is 5.91 Å². The van der Waals surface area contributed by atoms with Crippen molar-refractivity contribution in [2.45, 2.75) is 63.8 Å². The standard InChI is InChI=1S/C22H29NO3S/c1-2-14-23(21(25)20(24)17-11-7-4-8-12-17)15-13-18(19(23)22(26)27)16-9-5-3-6-10-16/h3,5-6,9-10,17-19H,2,4,7-8,11-15H2,1H3/t18?,19-,23?/m0/s1. The van der Waals surface area contributed by atoms with Crippen molar-refractivity contribution in [2.24, 2.45) is 5.92 Å². The summed E-state index contributed by atoms with van der Waals surface area (Å²) in [6.45, 7) is 3.03. The van der Waals surface area contributed by atoms with Gasteiger partial charge in [0, 0.05) is 18.3 Å². The highest BCUT2D eigenvalue weighted by Gasteiger charge is 2.56. The van der Waals surface area contributed by atoms with E-state index in [1.165, 1.54) is 0 Å². The number of carbonyl (C=O) groups is 3. The van der Waals surface area contributed by atoms with Crippen molar-refractivity contribution in [3.8, 4) is 0 Å². The van der Waals surface area contributed by atoms with Crippen LogP contribution in [-0.4, -0.2) is 40.4 Å². The molecule has 2 unspecified atom stereocenters. The van der Waals surface area contributed by atoms with Gasteiger partial charge in [0.25, 0.3) is 5.78 Å². The molecule has 146 valence electrons.